The van der Waals surface area contributed by atoms with E-state index in [1.165, 1.54) is 17.0 Å². The Morgan fingerprint density at radius 1 is 1.09 bits per heavy atom. The lowest BCUT2D eigenvalue weighted by Gasteiger charge is -2.35. The molecular formula is C14H14FN5O3. The van der Waals surface area contributed by atoms with E-state index in [-0.39, 0.29) is 11.5 Å². The number of piperazine rings is 1. The molecule has 0 atom stereocenters. The standard InChI is InChI=1S/C14H14FN5O3/c15-9-1-3-10(4-2-9)19-5-7-20(8-6-19)13(22)11-12(21)16-14(23)18-17-11/h1-4H,5-8H2,(H2,16,18,21,23). The number of H-pyrrole nitrogens is 2. The van der Waals surface area contributed by atoms with Crippen LogP contribution in [-0.4, -0.2) is 52.2 Å². The molecule has 1 aliphatic rings. The number of rotatable bonds is 2. The summed E-state index contributed by atoms with van der Waals surface area (Å²) in [6, 6.07) is 6.13. The minimum absolute atomic E-state index is 0.300. The molecule has 2 N–H and O–H groups in total. The molecule has 1 saturated heterocycles. The Hall–Kier alpha value is -2.97. The summed E-state index contributed by atoms with van der Waals surface area (Å²) < 4.78 is 12.9. The molecule has 1 amide bonds. The lowest BCUT2D eigenvalue weighted by Crippen LogP contribution is -2.50. The van der Waals surface area contributed by atoms with Gasteiger partial charge in [0.15, 0.2) is 0 Å². The van der Waals surface area contributed by atoms with Gasteiger partial charge in [-0.15, -0.1) is 0 Å². The number of aromatic nitrogens is 3. The number of hydrogen-bond acceptors (Lipinski definition) is 5. The van der Waals surface area contributed by atoms with E-state index in [4.69, 9.17) is 0 Å². The molecule has 0 saturated carbocycles. The number of amides is 1. The summed E-state index contributed by atoms with van der Waals surface area (Å²) in [5.74, 6) is -0.827. The van der Waals surface area contributed by atoms with Gasteiger partial charge in [0.25, 0.3) is 11.5 Å². The Kier molecular flexibility index (Phi) is 3.92. The highest BCUT2D eigenvalue weighted by molar-refractivity contribution is 5.91. The first-order valence-electron chi connectivity index (χ1n) is 7.03. The molecule has 0 unspecified atom stereocenters. The third-order valence-electron chi connectivity index (χ3n) is 3.67. The van der Waals surface area contributed by atoms with Gasteiger partial charge in [-0.3, -0.25) is 14.6 Å². The summed E-state index contributed by atoms with van der Waals surface area (Å²) in [5, 5.41) is 5.56. The maximum Gasteiger partial charge on any atom is 0.342 e. The van der Waals surface area contributed by atoms with Crippen molar-refractivity contribution in [3.8, 4) is 0 Å². The van der Waals surface area contributed by atoms with E-state index in [9.17, 15) is 18.8 Å². The number of carbonyl (C=O) groups excluding carboxylic acids is 1. The van der Waals surface area contributed by atoms with E-state index in [1.807, 2.05) is 15.0 Å². The maximum absolute atomic E-state index is 12.9. The van der Waals surface area contributed by atoms with Gasteiger partial charge in [-0.25, -0.2) is 14.3 Å². The molecule has 0 aliphatic carbocycles. The summed E-state index contributed by atoms with van der Waals surface area (Å²) in [6.07, 6.45) is 0. The number of benzene rings is 1. The average molecular weight is 319 g/mol. The van der Waals surface area contributed by atoms with Crippen LogP contribution in [0.1, 0.15) is 10.5 Å². The highest BCUT2D eigenvalue weighted by Crippen LogP contribution is 2.17. The first-order valence-corrected chi connectivity index (χ1v) is 7.03. The topological polar surface area (TPSA) is 102 Å². The molecule has 2 aromatic rings. The largest absolute Gasteiger partial charge is 0.368 e. The number of nitrogens with zero attached hydrogens (tertiary/aromatic N) is 3. The Balaban J connectivity index is 1.68. The molecule has 2 heterocycles. The van der Waals surface area contributed by atoms with Crippen LogP contribution in [0.15, 0.2) is 33.9 Å². The van der Waals surface area contributed by atoms with Crippen molar-refractivity contribution in [2.75, 3.05) is 31.1 Å². The molecule has 0 radical (unpaired) electrons. The van der Waals surface area contributed by atoms with Gasteiger partial charge in [0.05, 0.1) is 0 Å². The first-order chi connectivity index (χ1) is 11.0. The maximum atomic E-state index is 12.9. The zero-order chi connectivity index (χ0) is 16.4. The molecule has 0 spiro atoms. The van der Waals surface area contributed by atoms with Crippen molar-refractivity contribution in [3.05, 3.63) is 56.6 Å². The van der Waals surface area contributed by atoms with Crippen LogP contribution in [0.25, 0.3) is 0 Å². The zero-order valence-corrected chi connectivity index (χ0v) is 12.1. The van der Waals surface area contributed by atoms with Crippen molar-refractivity contribution in [1.82, 2.24) is 20.1 Å². The van der Waals surface area contributed by atoms with E-state index in [2.05, 4.69) is 5.10 Å². The molecule has 23 heavy (non-hydrogen) atoms. The van der Waals surface area contributed by atoms with Gasteiger partial charge >= 0.3 is 5.69 Å². The Morgan fingerprint density at radius 3 is 2.35 bits per heavy atom. The average Bonchev–Trinajstić information content (AvgIpc) is 2.55. The zero-order valence-electron chi connectivity index (χ0n) is 12.1. The number of carbonyl (C=O) groups is 1. The molecule has 9 heteroatoms. The van der Waals surface area contributed by atoms with E-state index in [0.717, 1.165) is 5.69 Å². The summed E-state index contributed by atoms with van der Waals surface area (Å²) in [7, 11) is 0. The molecule has 0 bridgehead atoms. The van der Waals surface area contributed by atoms with Gasteiger partial charge in [0.1, 0.15) is 5.82 Å². The fourth-order valence-electron chi connectivity index (χ4n) is 2.46. The Labute approximate surface area is 129 Å². The van der Waals surface area contributed by atoms with Crippen molar-refractivity contribution < 1.29 is 9.18 Å². The van der Waals surface area contributed by atoms with Crippen LogP contribution in [0.2, 0.25) is 0 Å². The van der Waals surface area contributed by atoms with Crippen molar-refractivity contribution in [2.45, 2.75) is 0 Å². The quantitative estimate of drug-likeness (QED) is 0.781. The number of hydrogen-bond donors (Lipinski definition) is 2. The SMILES string of the molecule is O=C(c1n[nH]c(=O)[nH]c1=O)N1CCN(c2ccc(F)cc2)CC1. The monoisotopic (exact) mass is 319 g/mol. The number of halogens is 1. The fourth-order valence-corrected chi connectivity index (χ4v) is 2.46. The number of anilines is 1. The molecular weight excluding hydrogens is 305 g/mol. The lowest BCUT2D eigenvalue weighted by atomic mass is 10.2. The summed E-state index contributed by atoms with van der Waals surface area (Å²) in [5.41, 5.74) is -1.02. The normalized spacial score (nSPS) is 14.8. The van der Waals surface area contributed by atoms with Crippen molar-refractivity contribution in [1.29, 1.82) is 0 Å². The molecule has 1 aromatic carbocycles. The van der Waals surface area contributed by atoms with E-state index in [0.29, 0.717) is 26.2 Å². The third-order valence-corrected chi connectivity index (χ3v) is 3.67. The summed E-state index contributed by atoms with van der Waals surface area (Å²) in [6.45, 7) is 1.91. The van der Waals surface area contributed by atoms with Crippen LogP contribution in [0, 0.1) is 5.82 Å². The summed E-state index contributed by atoms with van der Waals surface area (Å²) >= 11 is 0. The van der Waals surface area contributed by atoms with E-state index in [1.54, 1.807) is 12.1 Å². The highest BCUT2D eigenvalue weighted by atomic mass is 19.1. The molecule has 1 fully saturated rings. The van der Waals surface area contributed by atoms with Crippen molar-refractivity contribution in [2.24, 2.45) is 0 Å². The van der Waals surface area contributed by atoms with Crippen LogP contribution < -0.4 is 16.1 Å². The van der Waals surface area contributed by atoms with E-state index >= 15 is 0 Å². The summed E-state index contributed by atoms with van der Waals surface area (Å²) in [4.78, 5) is 40.3. The molecule has 3 rings (SSSR count). The van der Waals surface area contributed by atoms with Crippen molar-refractivity contribution >= 4 is 11.6 Å². The van der Waals surface area contributed by atoms with Crippen LogP contribution in [0.4, 0.5) is 10.1 Å². The molecule has 1 aliphatic heterocycles. The van der Waals surface area contributed by atoms with Gasteiger partial charge in [-0.1, -0.05) is 0 Å². The van der Waals surface area contributed by atoms with Gasteiger partial charge < -0.3 is 9.80 Å². The van der Waals surface area contributed by atoms with Crippen LogP contribution >= 0.6 is 0 Å². The van der Waals surface area contributed by atoms with Gasteiger partial charge in [0.2, 0.25) is 5.69 Å². The second-order valence-electron chi connectivity index (χ2n) is 5.11. The van der Waals surface area contributed by atoms with Gasteiger partial charge in [-0.2, -0.15) is 5.10 Å². The minimum atomic E-state index is -0.806. The van der Waals surface area contributed by atoms with Crippen LogP contribution in [0.3, 0.4) is 0 Å². The first kappa shape index (κ1) is 14.9. The number of aromatic amines is 2. The minimum Gasteiger partial charge on any atom is -0.368 e. The second kappa shape index (κ2) is 6.03. The predicted molar refractivity (Wildman–Crippen MR) is 80.0 cm³/mol. The number of nitrogens with one attached hydrogen (secondary N) is 2. The second-order valence-corrected chi connectivity index (χ2v) is 5.11. The Bertz CT molecular complexity index is 821. The highest BCUT2D eigenvalue weighted by Gasteiger charge is 2.25. The predicted octanol–water partition coefficient (Wildman–Crippen LogP) is -0.440. The van der Waals surface area contributed by atoms with Crippen LogP contribution in [-0.2, 0) is 0 Å². The molecule has 8 nitrogen and oxygen atoms in total. The van der Waals surface area contributed by atoms with Crippen LogP contribution in [0.5, 0.6) is 0 Å². The lowest BCUT2D eigenvalue weighted by molar-refractivity contribution is 0.0737. The van der Waals surface area contributed by atoms with Crippen molar-refractivity contribution in [3.63, 3.8) is 0 Å². The fraction of sp³-hybridized carbons (Fsp3) is 0.286. The third kappa shape index (κ3) is 3.12. The Morgan fingerprint density at radius 2 is 1.74 bits per heavy atom. The smallest absolute Gasteiger partial charge is 0.342 e. The van der Waals surface area contributed by atoms with E-state index < -0.39 is 17.2 Å². The molecule has 120 valence electrons. The van der Waals surface area contributed by atoms with Gasteiger partial charge in [0, 0.05) is 31.9 Å². The van der Waals surface area contributed by atoms with Gasteiger partial charge in [-0.05, 0) is 24.3 Å². The molecule has 1 aromatic heterocycles.